The van der Waals surface area contributed by atoms with Crippen molar-refractivity contribution in [1.82, 2.24) is 4.90 Å². The first-order valence-corrected chi connectivity index (χ1v) is 6.31. The number of ether oxygens (including phenoxy) is 1. The molecule has 0 aromatic carbocycles. The first-order valence-electron chi connectivity index (χ1n) is 6.31. The van der Waals surface area contributed by atoms with Gasteiger partial charge < -0.3 is 20.5 Å². The Bertz CT molecular complexity index is 308. The number of hydrogen-bond donors (Lipinski definition) is 2. The Morgan fingerprint density at radius 3 is 2.67 bits per heavy atom. The SMILES string of the molecule is CCN(C(=O)CC(C)CN)C1COCC1C(=O)O. The van der Waals surface area contributed by atoms with Crippen LogP contribution >= 0.6 is 0 Å². The van der Waals surface area contributed by atoms with Crippen LogP contribution in [0.5, 0.6) is 0 Å². The minimum Gasteiger partial charge on any atom is -0.481 e. The summed E-state index contributed by atoms with van der Waals surface area (Å²) in [5, 5.41) is 9.10. The van der Waals surface area contributed by atoms with Crippen molar-refractivity contribution < 1.29 is 19.4 Å². The monoisotopic (exact) mass is 258 g/mol. The van der Waals surface area contributed by atoms with E-state index in [9.17, 15) is 9.59 Å². The van der Waals surface area contributed by atoms with Crippen molar-refractivity contribution in [1.29, 1.82) is 0 Å². The van der Waals surface area contributed by atoms with E-state index in [4.69, 9.17) is 15.6 Å². The molecule has 1 aliphatic heterocycles. The summed E-state index contributed by atoms with van der Waals surface area (Å²) in [4.78, 5) is 24.8. The summed E-state index contributed by atoms with van der Waals surface area (Å²) in [5.74, 6) is -1.47. The van der Waals surface area contributed by atoms with Gasteiger partial charge in [0, 0.05) is 13.0 Å². The Kier molecular flexibility index (Phi) is 5.55. The first kappa shape index (κ1) is 14.9. The van der Waals surface area contributed by atoms with Crippen molar-refractivity contribution in [3.63, 3.8) is 0 Å². The van der Waals surface area contributed by atoms with Crippen LogP contribution in [0.4, 0.5) is 0 Å². The molecule has 0 aromatic heterocycles. The number of carboxylic acid groups (broad SMARTS) is 1. The highest BCUT2D eigenvalue weighted by Crippen LogP contribution is 2.21. The Morgan fingerprint density at radius 1 is 1.50 bits per heavy atom. The topological polar surface area (TPSA) is 92.9 Å². The van der Waals surface area contributed by atoms with Gasteiger partial charge in [0.05, 0.1) is 19.3 Å². The van der Waals surface area contributed by atoms with Gasteiger partial charge in [-0.3, -0.25) is 9.59 Å². The van der Waals surface area contributed by atoms with Crippen molar-refractivity contribution in [3.8, 4) is 0 Å². The maximum Gasteiger partial charge on any atom is 0.311 e. The molecule has 1 rings (SSSR count). The maximum atomic E-state index is 12.1. The van der Waals surface area contributed by atoms with E-state index in [-0.39, 0.29) is 24.5 Å². The van der Waals surface area contributed by atoms with Crippen LogP contribution in [-0.2, 0) is 14.3 Å². The average molecular weight is 258 g/mol. The fraction of sp³-hybridized carbons (Fsp3) is 0.833. The molecule has 6 heteroatoms. The summed E-state index contributed by atoms with van der Waals surface area (Å²) in [5.41, 5.74) is 5.50. The third-order valence-corrected chi connectivity index (χ3v) is 3.35. The van der Waals surface area contributed by atoms with E-state index in [1.807, 2.05) is 13.8 Å². The molecule has 0 aliphatic carbocycles. The zero-order valence-corrected chi connectivity index (χ0v) is 11.0. The summed E-state index contributed by atoms with van der Waals surface area (Å²) >= 11 is 0. The lowest BCUT2D eigenvalue weighted by molar-refractivity contribution is -0.145. The van der Waals surface area contributed by atoms with Crippen LogP contribution in [0.15, 0.2) is 0 Å². The maximum absolute atomic E-state index is 12.1. The van der Waals surface area contributed by atoms with Gasteiger partial charge in [-0.05, 0) is 19.4 Å². The van der Waals surface area contributed by atoms with Gasteiger partial charge in [-0.1, -0.05) is 6.92 Å². The minimum atomic E-state index is -0.907. The number of carbonyl (C=O) groups is 2. The van der Waals surface area contributed by atoms with E-state index in [0.717, 1.165) is 0 Å². The van der Waals surface area contributed by atoms with E-state index in [1.54, 1.807) is 4.90 Å². The Labute approximate surface area is 107 Å². The molecular formula is C12H22N2O4. The highest BCUT2D eigenvalue weighted by molar-refractivity contribution is 5.78. The number of nitrogens with zero attached hydrogens (tertiary/aromatic N) is 1. The number of likely N-dealkylation sites (N-methyl/N-ethyl adjacent to an activating group) is 1. The van der Waals surface area contributed by atoms with Gasteiger partial charge in [-0.15, -0.1) is 0 Å². The molecule has 0 radical (unpaired) electrons. The van der Waals surface area contributed by atoms with E-state index in [1.165, 1.54) is 0 Å². The smallest absolute Gasteiger partial charge is 0.311 e. The number of rotatable bonds is 6. The highest BCUT2D eigenvalue weighted by Gasteiger charge is 2.39. The molecule has 6 nitrogen and oxygen atoms in total. The quantitative estimate of drug-likeness (QED) is 0.695. The third kappa shape index (κ3) is 3.43. The fourth-order valence-corrected chi connectivity index (χ4v) is 2.18. The zero-order chi connectivity index (χ0) is 13.7. The predicted molar refractivity (Wildman–Crippen MR) is 66.0 cm³/mol. The Morgan fingerprint density at radius 2 is 2.17 bits per heavy atom. The van der Waals surface area contributed by atoms with Crippen LogP contribution in [0.2, 0.25) is 0 Å². The third-order valence-electron chi connectivity index (χ3n) is 3.35. The standard InChI is InChI=1S/C12H22N2O4/c1-3-14(11(15)4-8(2)5-13)10-7-18-6-9(10)12(16)17/h8-10H,3-7,13H2,1-2H3,(H,16,17). The van der Waals surface area contributed by atoms with Gasteiger partial charge in [0.1, 0.15) is 5.92 Å². The molecule has 1 aliphatic rings. The lowest BCUT2D eigenvalue weighted by atomic mass is 10.0. The number of aliphatic carboxylic acids is 1. The van der Waals surface area contributed by atoms with Crippen LogP contribution < -0.4 is 5.73 Å². The zero-order valence-electron chi connectivity index (χ0n) is 11.0. The molecule has 1 heterocycles. The molecule has 3 unspecified atom stereocenters. The van der Waals surface area contributed by atoms with Crippen LogP contribution in [0.25, 0.3) is 0 Å². The molecule has 18 heavy (non-hydrogen) atoms. The van der Waals surface area contributed by atoms with Crippen molar-refractivity contribution in [2.45, 2.75) is 26.3 Å². The number of carboxylic acids is 1. The number of carbonyl (C=O) groups excluding carboxylic acids is 1. The number of nitrogens with two attached hydrogens (primary N) is 1. The van der Waals surface area contributed by atoms with Gasteiger partial charge in [-0.25, -0.2) is 0 Å². The van der Waals surface area contributed by atoms with Crippen LogP contribution in [0.3, 0.4) is 0 Å². The molecule has 0 aromatic rings. The Balaban J connectivity index is 2.70. The van der Waals surface area contributed by atoms with Gasteiger partial charge >= 0.3 is 5.97 Å². The predicted octanol–water partition coefficient (Wildman–Crippen LogP) is -0.0806. The molecule has 1 saturated heterocycles. The first-order chi connectivity index (χ1) is 8.51. The normalized spacial score (nSPS) is 24.8. The van der Waals surface area contributed by atoms with Crippen molar-refractivity contribution in [2.24, 2.45) is 17.6 Å². The van der Waals surface area contributed by atoms with E-state index in [0.29, 0.717) is 26.1 Å². The second kappa shape index (κ2) is 6.70. The van der Waals surface area contributed by atoms with Crippen LogP contribution in [0, 0.1) is 11.8 Å². The molecule has 1 amide bonds. The number of amides is 1. The molecule has 1 fully saturated rings. The Hall–Kier alpha value is -1.14. The molecule has 3 atom stereocenters. The van der Waals surface area contributed by atoms with Crippen molar-refractivity contribution in [2.75, 3.05) is 26.3 Å². The lowest BCUT2D eigenvalue weighted by Gasteiger charge is -2.30. The lowest BCUT2D eigenvalue weighted by Crippen LogP contribution is -2.47. The second-order valence-electron chi connectivity index (χ2n) is 4.77. The highest BCUT2D eigenvalue weighted by atomic mass is 16.5. The fourth-order valence-electron chi connectivity index (χ4n) is 2.18. The molecule has 104 valence electrons. The minimum absolute atomic E-state index is 0.0443. The van der Waals surface area contributed by atoms with Gasteiger partial charge in [0.2, 0.25) is 5.91 Å². The van der Waals surface area contributed by atoms with E-state index in [2.05, 4.69) is 0 Å². The van der Waals surface area contributed by atoms with Crippen molar-refractivity contribution in [3.05, 3.63) is 0 Å². The van der Waals surface area contributed by atoms with Gasteiger partial charge in [-0.2, -0.15) is 0 Å². The summed E-state index contributed by atoms with van der Waals surface area (Å²) < 4.78 is 5.20. The van der Waals surface area contributed by atoms with E-state index >= 15 is 0 Å². The molecule has 0 spiro atoms. The van der Waals surface area contributed by atoms with E-state index < -0.39 is 11.9 Å². The van der Waals surface area contributed by atoms with Gasteiger partial charge in [0.25, 0.3) is 0 Å². The van der Waals surface area contributed by atoms with Gasteiger partial charge in [0.15, 0.2) is 0 Å². The average Bonchev–Trinajstić information content (AvgIpc) is 2.79. The molecule has 3 N–H and O–H groups in total. The number of hydrogen-bond acceptors (Lipinski definition) is 4. The summed E-state index contributed by atoms with van der Waals surface area (Å²) in [6.07, 6.45) is 0.354. The largest absolute Gasteiger partial charge is 0.481 e. The molecule has 0 bridgehead atoms. The van der Waals surface area contributed by atoms with Crippen LogP contribution in [0.1, 0.15) is 20.3 Å². The molecule has 0 saturated carbocycles. The summed E-state index contributed by atoms with van der Waals surface area (Å²) in [7, 11) is 0. The van der Waals surface area contributed by atoms with Crippen molar-refractivity contribution >= 4 is 11.9 Å². The molecular weight excluding hydrogens is 236 g/mol. The summed E-state index contributed by atoms with van der Waals surface area (Å²) in [6, 6.07) is -0.357. The second-order valence-corrected chi connectivity index (χ2v) is 4.77. The summed E-state index contributed by atoms with van der Waals surface area (Å²) in [6.45, 7) is 5.18. The van der Waals surface area contributed by atoms with Crippen LogP contribution in [-0.4, -0.2) is 54.2 Å².